The number of alkyl halides is 2. The van der Waals surface area contributed by atoms with Crippen molar-refractivity contribution in [3.05, 3.63) is 77.2 Å². The molecule has 208 valence electrons. The molecule has 0 radical (unpaired) electrons. The maximum atomic E-state index is 13.9. The van der Waals surface area contributed by atoms with Gasteiger partial charge in [0.15, 0.2) is 5.65 Å². The number of benzene rings is 1. The van der Waals surface area contributed by atoms with Gasteiger partial charge in [-0.25, -0.2) is 22.7 Å². The number of fused-ring (bicyclic) bond motifs is 1. The summed E-state index contributed by atoms with van der Waals surface area (Å²) in [7, 11) is -4.28. The number of pyridine rings is 2. The van der Waals surface area contributed by atoms with Gasteiger partial charge in [-0.15, -0.1) is 4.98 Å². The average Bonchev–Trinajstić information content (AvgIpc) is 3.25. The van der Waals surface area contributed by atoms with E-state index in [2.05, 4.69) is 15.1 Å². The molecule has 1 fully saturated rings. The number of nitrogens with zero attached hydrogens (tertiary/aromatic N) is 6. The minimum atomic E-state index is -4.28. The van der Waals surface area contributed by atoms with E-state index < -0.39 is 16.6 Å². The fraction of sp³-hybridized carbons (Fsp3) is 0.333. The van der Waals surface area contributed by atoms with Gasteiger partial charge in [0, 0.05) is 6.61 Å². The first-order valence-electron chi connectivity index (χ1n) is 12.6. The molecule has 0 amide bonds. The smallest absolute Gasteiger partial charge is 0.327 e. The van der Waals surface area contributed by atoms with Gasteiger partial charge < -0.3 is 14.9 Å². The molecular weight excluding hydrogens is 540 g/mol. The zero-order valence-corrected chi connectivity index (χ0v) is 22.7. The second kappa shape index (κ2) is 11.1. The largest absolute Gasteiger partial charge is 0.361 e. The molecule has 0 saturated carbocycles. The minimum absolute atomic E-state index is 0.0775. The summed E-state index contributed by atoms with van der Waals surface area (Å²) in [6.07, 6.45) is 3.51. The number of sulfonamides is 1. The Morgan fingerprint density at radius 3 is 2.62 bits per heavy atom. The Labute approximate surface area is 230 Å². The summed E-state index contributed by atoms with van der Waals surface area (Å²) in [5, 5.41) is 3.15. The van der Waals surface area contributed by atoms with E-state index in [4.69, 9.17) is 21.3 Å². The SMILES string of the molecule is [C-]#[N+]c1cccc(Cc2cc(Nc3ccccc3N(C(F)F)S(C)(=O)=O)c3nc(C)n(C4CCCCO4)c3n2)n1. The van der Waals surface area contributed by atoms with Crippen molar-refractivity contribution in [3.8, 4) is 0 Å². The number of hydrogen-bond acceptors (Lipinski definition) is 7. The van der Waals surface area contributed by atoms with Crippen molar-refractivity contribution in [2.75, 3.05) is 22.5 Å². The highest BCUT2D eigenvalue weighted by Gasteiger charge is 2.29. The summed E-state index contributed by atoms with van der Waals surface area (Å²) in [6.45, 7) is 6.45. The third kappa shape index (κ3) is 5.59. The highest BCUT2D eigenvalue weighted by Crippen LogP contribution is 2.36. The van der Waals surface area contributed by atoms with Gasteiger partial charge in [-0.05, 0) is 56.5 Å². The summed E-state index contributed by atoms with van der Waals surface area (Å²) in [4.78, 5) is 17.4. The summed E-state index contributed by atoms with van der Waals surface area (Å²) < 4.78 is 60.5. The van der Waals surface area contributed by atoms with Gasteiger partial charge in [0.2, 0.25) is 10.0 Å². The van der Waals surface area contributed by atoms with Crippen LogP contribution in [0.25, 0.3) is 16.0 Å². The van der Waals surface area contributed by atoms with Gasteiger partial charge in [-0.3, -0.25) is 4.57 Å². The Hall–Kier alpha value is -4.15. The fourth-order valence-electron chi connectivity index (χ4n) is 4.84. The highest BCUT2D eigenvalue weighted by atomic mass is 32.2. The van der Waals surface area contributed by atoms with Gasteiger partial charge in [0.05, 0.1) is 35.4 Å². The van der Waals surface area contributed by atoms with E-state index in [1.54, 1.807) is 30.3 Å². The molecule has 4 aromatic rings. The summed E-state index contributed by atoms with van der Waals surface area (Å²) in [5.74, 6) is 0.927. The van der Waals surface area contributed by atoms with Crippen LogP contribution in [0.5, 0.6) is 0 Å². The molecule has 4 heterocycles. The Balaban J connectivity index is 1.65. The van der Waals surface area contributed by atoms with Crippen LogP contribution in [0.4, 0.5) is 31.7 Å². The summed E-state index contributed by atoms with van der Waals surface area (Å²) in [6, 6.07) is 12.8. The molecule has 1 unspecified atom stereocenters. The lowest BCUT2D eigenvalue weighted by Crippen LogP contribution is -2.35. The lowest BCUT2D eigenvalue weighted by molar-refractivity contribution is -0.0309. The number of para-hydroxylation sites is 2. The van der Waals surface area contributed by atoms with Crippen LogP contribution < -0.4 is 9.62 Å². The maximum Gasteiger partial charge on any atom is 0.327 e. The van der Waals surface area contributed by atoms with Crippen molar-refractivity contribution < 1.29 is 21.9 Å². The van der Waals surface area contributed by atoms with Crippen LogP contribution in [0.15, 0.2) is 48.5 Å². The van der Waals surface area contributed by atoms with Crippen molar-refractivity contribution in [2.24, 2.45) is 0 Å². The molecule has 10 nitrogen and oxygen atoms in total. The molecule has 13 heteroatoms. The predicted octanol–water partition coefficient (Wildman–Crippen LogP) is 5.71. The quantitative estimate of drug-likeness (QED) is 0.215. The number of halogens is 2. The lowest BCUT2D eigenvalue weighted by atomic mass is 10.1. The van der Waals surface area contributed by atoms with Crippen molar-refractivity contribution in [3.63, 3.8) is 0 Å². The van der Waals surface area contributed by atoms with Crippen molar-refractivity contribution in [2.45, 2.75) is 45.4 Å². The van der Waals surface area contributed by atoms with Crippen LogP contribution in [0.1, 0.15) is 42.7 Å². The fourth-order valence-corrected chi connectivity index (χ4v) is 5.65. The van der Waals surface area contributed by atoms with E-state index in [0.717, 1.165) is 25.5 Å². The third-order valence-corrected chi connectivity index (χ3v) is 7.61. The third-order valence-electron chi connectivity index (χ3n) is 6.54. The number of imidazole rings is 1. The number of rotatable bonds is 8. The van der Waals surface area contributed by atoms with Gasteiger partial charge in [-0.2, -0.15) is 8.78 Å². The molecule has 40 heavy (non-hydrogen) atoms. The molecule has 1 saturated heterocycles. The van der Waals surface area contributed by atoms with Gasteiger partial charge >= 0.3 is 6.55 Å². The molecule has 3 aromatic heterocycles. The first-order chi connectivity index (χ1) is 19.2. The highest BCUT2D eigenvalue weighted by molar-refractivity contribution is 7.92. The monoisotopic (exact) mass is 567 g/mol. The molecule has 1 aliphatic rings. The molecule has 1 atom stereocenters. The van der Waals surface area contributed by atoms with E-state index in [1.165, 1.54) is 18.2 Å². The second-order valence-corrected chi connectivity index (χ2v) is 11.3. The van der Waals surface area contributed by atoms with E-state index >= 15 is 0 Å². The first kappa shape index (κ1) is 27.4. The van der Waals surface area contributed by atoms with Crippen LogP contribution >= 0.6 is 0 Å². The Morgan fingerprint density at radius 2 is 1.93 bits per heavy atom. The standard InChI is InChI=1S/C27H27F2N7O3S/c1-17-31-25-21(34-20-10-4-5-11-22(20)36(27(28)29)40(3,37)38)16-19(15-18-9-8-12-23(30-2)32-18)33-26(25)35(17)24-13-6-7-14-39-24/h4-5,8-12,16,24,27H,6-7,13-15H2,1,3H3,(H,33,34). The van der Waals surface area contributed by atoms with Crippen LogP contribution in [0.3, 0.4) is 0 Å². The van der Waals surface area contributed by atoms with Gasteiger partial charge in [-0.1, -0.05) is 24.8 Å². The van der Waals surface area contributed by atoms with Crippen molar-refractivity contribution in [1.29, 1.82) is 0 Å². The van der Waals surface area contributed by atoms with E-state index in [0.29, 0.717) is 40.7 Å². The van der Waals surface area contributed by atoms with Crippen LogP contribution in [0.2, 0.25) is 0 Å². The maximum absolute atomic E-state index is 13.9. The van der Waals surface area contributed by atoms with Gasteiger partial charge in [0.25, 0.3) is 5.82 Å². The zero-order chi connectivity index (χ0) is 28.4. The van der Waals surface area contributed by atoms with Crippen LogP contribution in [-0.2, 0) is 21.2 Å². The molecule has 1 aromatic carbocycles. The first-order valence-corrected chi connectivity index (χ1v) is 14.5. The Bertz CT molecular complexity index is 1700. The topological polar surface area (TPSA) is 107 Å². The number of aryl methyl sites for hydroxylation is 1. The number of hydrogen-bond donors (Lipinski definition) is 1. The van der Waals surface area contributed by atoms with Gasteiger partial charge in [0.1, 0.15) is 23.3 Å². The van der Waals surface area contributed by atoms with Crippen LogP contribution in [-0.4, -0.2) is 47.3 Å². The van der Waals surface area contributed by atoms with E-state index in [9.17, 15) is 17.2 Å². The molecule has 1 N–H and O–H groups in total. The molecule has 0 spiro atoms. The molecule has 0 aliphatic carbocycles. The molecular formula is C27H27F2N7O3S. The second-order valence-electron chi connectivity index (χ2n) is 9.44. The number of anilines is 3. The number of ether oxygens (including phenoxy) is 1. The Morgan fingerprint density at radius 1 is 1.12 bits per heavy atom. The molecule has 0 bridgehead atoms. The van der Waals surface area contributed by atoms with E-state index in [-0.39, 0.29) is 34.1 Å². The summed E-state index contributed by atoms with van der Waals surface area (Å²) in [5.41, 5.74) is 2.64. The zero-order valence-electron chi connectivity index (χ0n) is 21.9. The lowest BCUT2D eigenvalue weighted by Gasteiger charge is -2.25. The number of nitrogens with one attached hydrogen (secondary N) is 1. The molecule has 5 rings (SSSR count). The predicted molar refractivity (Wildman–Crippen MR) is 147 cm³/mol. The Kier molecular flexibility index (Phi) is 7.64. The molecule has 1 aliphatic heterocycles. The van der Waals surface area contributed by atoms with Crippen molar-refractivity contribution in [1.82, 2.24) is 19.5 Å². The minimum Gasteiger partial charge on any atom is -0.361 e. The average molecular weight is 568 g/mol. The summed E-state index contributed by atoms with van der Waals surface area (Å²) >= 11 is 0. The van der Waals surface area contributed by atoms with Crippen molar-refractivity contribution >= 4 is 44.1 Å². The normalized spacial score (nSPS) is 15.8. The van der Waals surface area contributed by atoms with E-state index in [1.807, 2.05) is 11.5 Å². The number of aromatic nitrogens is 4. The van der Waals surface area contributed by atoms with Crippen LogP contribution in [0, 0.1) is 13.5 Å².